The number of rotatable bonds is 3. The molecule has 0 heterocycles. The molecule has 1 saturated carbocycles. The smallest absolute Gasteiger partial charge is 0.170 e. The highest BCUT2D eigenvalue weighted by molar-refractivity contribution is 5.36. The molecule has 0 saturated heterocycles. The predicted molar refractivity (Wildman–Crippen MR) is 75.6 cm³/mol. The molecule has 19 heavy (non-hydrogen) atoms. The minimum Gasteiger partial charge on any atom is -0.494 e. The molecule has 0 radical (unpaired) electrons. The van der Waals surface area contributed by atoms with E-state index in [1.807, 2.05) is 6.07 Å². The van der Waals surface area contributed by atoms with E-state index >= 15 is 0 Å². The monoisotopic (exact) mass is 265 g/mol. The summed E-state index contributed by atoms with van der Waals surface area (Å²) < 4.78 is 19.5. The molecular weight excluding hydrogens is 241 g/mol. The minimum atomic E-state index is -0.550. The van der Waals surface area contributed by atoms with Crippen molar-refractivity contribution in [2.75, 3.05) is 7.11 Å². The van der Waals surface area contributed by atoms with E-state index in [-0.39, 0.29) is 11.6 Å². The quantitative estimate of drug-likeness (QED) is 0.901. The Balaban J connectivity index is 2.34. The molecule has 2 N–H and O–H groups in total. The highest BCUT2D eigenvalue weighted by atomic mass is 19.1. The van der Waals surface area contributed by atoms with Gasteiger partial charge in [0.15, 0.2) is 11.6 Å². The molecular formula is C16H24FNO. The van der Waals surface area contributed by atoms with Crippen LogP contribution in [0.15, 0.2) is 18.2 Å². The number of hydrogen-bond donors (Lipinski definition) is 1. The SMILES string of the molecule is COc1cccc(C2(N)CCCC(C(C)C)C2)c1F. The normalized spacial score (nSPS) is 27.6. The van der Waals surface area contributed by atoms with E-state index < -0.39 is 5.54 Å². The lowest BCUT2D eigenvalue weighted by molar-refractivity contribution is 0.179. The van der Waals surface area contributed by atoms with Crippen LogP contribution in [0.2, 0.25) is 0 Å². The summed E-state index contributed by atoms with van der Waals surface area (Å²) in [7, 11) is 1.49. The van der Waals surface area contributed by atoms with Gasteiger partial charge in [-0.15, -0.1) is 0 Å². The summed E-state index contributed by atoms with van der Waals surface area (Å²) in [5.41, 5.74) is 6.60. The minimum absolute atomic E-state index is 0.286. The van der Waals surface area contributed by atoms with Crippen molar-refractivity contribution in [1.29, 1.82) is 0 Å². The molecule has 1 aliphatic rings. The van der Waals surface area contributed by atoms with Crippen LogP contribution in [0.4, 0.5) is 4.39 Å². The number of nitrogens with two attached hydrogens (primary N) is 1. The van der Waals surface area contributed by atoms with E-state index in [2.05, 4.69) is 13.8 Å². The molecule has 1 aromatic rings. The number of benzene rings is 1. The Morgan fingerprint density at radius 1 is 1.42 bits per heavy atom. The molecule has 0 spiro atoms. The van der Waals surface area contributed by atoms with Crippen LogP contribution in [0.25, 0.3) is 0 Å². The summed E-state index contributed by atoms with van der Waals surface area (Å²) in [6, 6.07) is 5.27. The molecule has 2 unspecified atom stereocenters. The summed E-state index contributed by atoms with van der Waals surface area (Å²) >= 11 is 0. The van der Waals surface area contributed by atoms with Crippen molar-refractivity contribution in [3.8, 4) is 5.75 Å². The van der Waals surface area contributed by atoms with E-state index in [1.165, 1.54) is 13.5 Å². The van der Waals surface area contributed by atoms with Crippen LogP contribution in [0.1, 0.15) is 45.1 Å². The van der Waals surface area contributed by atoms with Gasteiger partial charge < -0.3 is 10.5 Å². The first-order chi connectivity index (χ1) is 8.98. The van der Waals surface area contributed by atoms with Gasteiger partial charge in [0.05, 0.1) is 7.11 Å². The van der Waals surface area contributed by atoms with Crippen molar-refractivity contribution >= 4 is 0 Å². The van der Waals surface area contributed by atoms with Crippen LogP contribution in [0, 0.1) is 17.7 Å². The second-order valence-electron chi connectivity index (χ2n) is 6.08. The van der Waals surface area contributed by atoms with Crippen molar-refractivity contribution < 1.29 is 9.13 Å². The zero-order chi connectivity index (χ0) is 14.0. The zero-order valence-corrected chi connectivity index (χ0v) is 12.1. The topological polar surface area (TPSA) is 35.2 Å². The molecule has 1 aromatic carbocycles. The lowest BCUT2D eigenvalue weighted by Crippen LogP contribution is -2.43. The molecule has 2 atom stereocenters. The molecule has 2 rings (SSSR count). The Labute approximate surface area is 115 Å². The zero-order valence-electron chi connectivity index (χ0n) is 12.1. The molecule has 1 aliphatic carbocycles. The maximum atomic E-state index is 14.4. The Hall–Kier alpha value is -1.09. The van der Waals surface area contributed by atoms with Crippen LogP contribution in [-0.4, -0.2) is 7.11 Å². The Bertz CT molecular complexity index is 446. The fourth-order valence-electron chi connectivity index (χ4n) is 3.22. The van der Waals surface area contributed by atoms with Gasteiger partial charge in [-0.25, -0.2) is 4.39 Å². The Morgan fingerprint density at radius 3 is 2.79 bits per heavy atom. The third-order valence-electron chi connectivity index (χ3n) is 4.49. The molecule has 106 valence electrons. The maximum Gasteiger partial charge on any atom is 0.170 e. The first kappa shape index (κ1) is 14.3. The fraction of sp³-hybridized carbons (Fsp3) is 0.625. The van der Waals surface area contributed by atoms with Gasteiger partial charge in [0, 0.05) is 11.1 Å². The first-order valence-electron chi connectivity index (χ1n) is 7.10. The average molecular weight is 265 g/mol. The van der Waals surface area contributed by atoms with Crippen LogP contribution >= 0.6 is 0 Å². The van der Waals surface area contributed by atoms with Gasteiger partial charge in [0.25, 0.3) is 0 Å². The van der Waals surface area contributed by atoms with Crippen LogP contribution in [-0.2, 0) is 5.54 Å². The van der Waals surface area contributed by atoms with E-state index in [0.29, 0.717) is 17.4 Å². The van der Waals surface area contributed by atoms with Gasteiger partial charge in [-0.1, -0.05) is 38.8 Å². The standard InChI is InChI=1S/C16H24FNO/c1-11(2)12-6-5-9-16(18,10-12)13-7-4-8-14(19-3)15(13)17/h4,7-8,11-12H,5-6,9-10,18H2,1-3H3. The Morgan fingerprint density at radius 2 is 2.16 bits per heavy atom. The maximum absolute atomic E-state index is 14.4. The van der Waals surface area contributed by atoms with Crippen molar-refractivity contribution in [1.82, 2.24) is 0 Å². The summed E-state index contributed by atoms with van der Waals surface area (Å²) in [6.45, 7) is 4.44. The van der Waals surface area contributed by atoms with Crippen molar-refractivity contribution in [2.24, 2.45) is 17.6 Å². The van der Waals surface area contributed by atoms with E-state index in [0.717, 1.165) is 19.3 Å². The van der Waals surface area contributed by atoms with Crippen molar-refractivity contribution in [3.05, 3.63) is 29.6 Å². The largest absolute Gasteiger partial charge is 0.494 e. The van der Waals surface area contributed by atoms with E-state index in [1.54, 1.807) is 12.1 Å². The van der Waals surface area contributed by atoms with Gasteiger partial charge in [0.1, 0.15) is 0 Å². The summed E-state index contributed by atoms with van der Waals surface area (Å²) in [6.07, 6.45) is 3.97. The molecule has 1 fully saturated rings. The van der Waals surface area contributed by atoms with Crippen LogP contribution < -0.4 is 10.5 Å². The highest BCUT2D eigenvalue weighted by Gasteiger charge is 2.37. The van der Waals surface area contributed by atoms with E-state index in [9.17, 15) is 4.39 Å². The van der Waals surface area contributed by atoms with Crippen molar-refractivity contribution in [2.45, 2.75) is 45.1 Å². The number of methoxy groups -OCH3 is 1. The van der Waals surface area contributed by atoms with Crippen LogP contribution in [0.3, 0.4) is 0 Å². The van der Waals surface area contributed by atoms with Gasteiger partial charge in [-0.05, 0) is 30.7 Å². The van der Waals surface area contributed by atoms with Gasteiger partial charge in [-0.3, -0.25) is 0 Å². The summed E-state index contributed by atoms with van der Waals surface area (Å²) in [5.74, 6) is 1.16. The molecule has 2 nitrogen and oxygen atoms in total. The third-order valence-corrected chi connectivity index (χ3v) is 4.49. The summed E-state index contributed by atoms with van der Waals surface area (Å²) in [4.78, 5) is 0. The molecule has 0 bridgehead atoms. The highest BCUT2D eigenvalue weighted by Crippen LogP contribution is 2.42. The molecule has 0 aromatic heterocycles. The van der Waals surface area contributed by atoms with E-state index in [4.69, 9.17) is 10.5 Å². The number of ether oxygens (including phenoxy) is 1. The van der Waals surface area contributed by atoms with Crippen LogP contribution in [0.5, 0.6) is 5.75 Å². The lowest BCUT2D eigenvalue weighted by Gasteiger charge is -2.40. The summed E-state index contributed by atoms with van der Waals surface area (Å²) in [5, 5.41) is 0. The second kappa shape index (κ2) is 5.49. The molecule has 0 aliphatic heterocycles. The lowest BCUT2D eigenvalue weighted by atomic mass is 9.69. The van der Waals surface area contributed by atoms with Gasteiger partial charge in [-0.2, -0.15) is 0 Å². The number of halogens is 1. The predicted octanol–water partition coefficient (Wildman–Crippen LogP) is 3.83. The third kappa shape index (κ3) is 2.76. The first-order valence-corrected chi connectivity index (χ1v) is 7.10. The fourth-order valence-corrected chi connectivity index (χ4v) is 3.22. The number of hydrogen-bond acceptors (Lipinski definition) is 2. The second-order valence-corrected chi connectivity index (χ2v) is 6.08. The molecule has 0 amide bonds. The molecule has 3 heteroatoms. The van der Waals surface area contributed by atoms with Crippen molar-refractivity contribution in [3.63, 3.8) is 0 Å². The van der Waals surface area contributed by atoms with Gasteiger partial charge >= 0.3 is 0 Å². The van der Waals surface area contributed by atoms with Gasteiger partial charge in [0.2, 0.25) is 0 Å². The Kier molecular flexibility index (Phi) is 4.14. The average Bonchev–Trinajstić information content (AvgIpc) is 2.38.